The molecule has 2 rings (SSSR count). The van der Waals surface area contributed by atoms with Crippen LogP contribution in [0.15, 0.2) is 0 Å². The minimum Gasteiger partial charge on any atom is -0.382 e. The standard InChI is InChI=1S/C11H17N5S/c1-8(2)15-3-5-16(6-4-15)11-9(7-12)10(13)14-17-11/h8H,3-6H2,1-2H3,(H2,13,14). The van der Waals surface area contributed by atoms with Crippen LogP contribution < -0.4 is 10.6 Å². The van der Waals surface area contributed by atoms with E-state index in [9.17, 15) is 0 Å². The Morgan fingerprint density at radius 3 is 2.53 bits per heavy atom. The average molecular weight is 251 g/mol. The van der Waals surface area contributed by atoms with Gasteiger partial charge in [0.25, 0.3) is 0 Å². The highest BCUT2D eigenvalue weighted by Crippen LogP contribution is 2.30. The van der Waals surface area contributed by atoms with Crippen molar-refractivity contribution in [1.82, 2.24) is 9.27 Å². The number of nitriles is 1. The zero-order chi connectivity index (χ0) is 12.4. The maximum Gasteiger partial charge on any atom is 0.157 e. The lowest BCUT2D eigenvalue weighted by molar-refractivity contribution is 0.209. The van der Waals surface area contributed by atoms with E-state index in [0.717, 1.165) is 31.2 Å². The molecule has 1 saturated heterocycles. The Bertz CT molecular complexity index is 426. The highest BCUT2D eigenvalue weighted by Gasteiger charge is 2.23. The number of piperazine rings is 1. The fourth-order valence-electron chi connectivity index (χ4n) is 2.06. The molecule has 0 aromatic carbocycles. The number of nitrogens with zero attached hydrogens (tertiary/aromatic N) is 4. The molecule has 0 radical (unpaired) electrons. The summed E-state index contributed by atoms with van der Waals surface area (Å²) in [6, 6.07) is 2.73. The number of hydrogen-bond donors (Lipinski definition) is 1. The van der Waals surface area contributed by atoms with Gasteiger partial charge in [-0.05, 0) is 25.4 Å². The lowest BCUT2D eigenvalue weighted by atomic mass is 10.2. The predicted octanol–water partition coefficient (Wildman–Crippen LogP) is 1.13. The summed E-state index contributed by atoms with van der Waals surface area (Å²) in [6.07, 6.45) is 0. The number of anilines is 2. The molecule has 0 amide bonds. The van der Waals surface area contributed by atoms with Gasteiger partial charge in [0.05, 0.1) is 0 Å². The molecule has 6 heteroatoms. The summed E-state index contributed by atoms with van der Waals surface area (Å²) in [4.78, 5) is 4.65. The monoisotopic (exact) mass is 251 g/mol. The van der Waals surface area contributed by atoms with E-state index < -0.39 is 0 Å². The number of rotatable bonds is 2. The van der Waals surface area contributed by atoms with Crippen LogP contribution in [0.4, 0.5) is 10.8 Å². The summed E-state index contributed by atoms with van der Waals surface area (Å²) >= 11 is 1.33. The first-order valence-corrected chi connectivity index (χ1v) is 6.55. The summed E-state index contributed by atoms with van der Waals surface area (Å²) in [7, 11) is 0. The van der Waals surface area contributed by atoms with E-state index in [0.29, 0.717) is 17.4 Å². The second-order valence-corrected chi connectivity index (χ2v) is 5.23. The van der Waals surface area contributed by atoms with Gasteiger partial charge in [0.1, 0.15) is 16.6 Å². The molecule has 0 atom stereocenters. The molecule has 0 unspecified atom stereocenters. The van der Waals surface area contributed by atoms with Crippen LogP contribution in [0.5, 0.6) is 0 Å². The largest absolute Gasteiger partial charge is 0.382 e. The summed E-state index contributed by atoms with van der Waals surface area (Å²) in [5, 5.41) is 9.98. The fourth-order valence-corrected chi connectivity index (χ4v) is 2.87. The molecule has 0 bridgehead atoms. The fraction of sp³-hybridized carbons (Fsp3) is 0.636. The van der Waals surface area contributed by atoms with E-state index in [1.165, 1.54) is 11.5 Å². The van der Waals surface area contributed by atoms with Crippen molar-refractivity contribution in [3.8, 4) is 6.07 Å². The average Bonchev–Trinajstić information content (AvgIpc) is 2.70. The molecule has 5 nitrogen and oxygen atoms in total. The maximum atomic E-state index is 9.06. The van der Waals surface area contributed by atoms with Crippen LogP contribution in [-0.2, 0) is 0 Å². The molecule has 1 fully saturated rings. The van der Waals surface area contributed by atoms with Crippen molar-refractivity contribution in [2.45, 2.75) is 19.9 Å². The quantitative estimate of drug-likeness (QED) is 0.853. The van der Waals surface area contributed by atoms with Crippen LogP contribution >= 0.6 is 11.5 Å². The van der Waals surface area contributed by atoms with Crippen molar-refractivity contribution in [2.75, 3.05) is 36.8 Å². The van der Waals surface area contributed by atoms with Crippen LogP contribution in [-0.4, -0.2) is 41.5 Å². The molecule has 2 N–H and O–H groups in total. The van der Waals surface area contributed by atoms with Gasteiger partial charge in [-0.2, -0.15) is 9.64 Å². The third kappa shape index (κ3) is 2.35. The molecule has 1 aromatic rings. The smallest absolute Gasteiger partial charge is 0.157 e. The van der Waals surface area contributed by atoms with E-state index in [-0.39, 0.29) is 0 Å². The van der Waals surface area contributed by atoms with Crippen molar-refractivity contribution in [3.63, 3.8) is 0 Å². The minimum absolute atomic E-state index is 0.360. The van der Waals surface area contributed by atoms with Gasteiger partial charge in [-0.15, -0.1) is 0 Å². The second-order valence-electron chi connectivity index (χ2n) is 4.48. The topological polar surface area (TPSA) is 69.2 Å². The van der Waals surface area contributed by atoms with Gasteiger partial charge in [0, 0.05) is 32.2 Å². The van der Waals surface area contributed by atoms with Gasteiger partial charge < -0.3 is 10.6 Å². The Labute approximate surface area is 106 Å². The second kappa shape index (κ2) is 4.90. The molecule has 92 valence electrons. The Morgan fingerprint density at radius 2 is 2.00 bits per heavy atom. The number of nitrogen functional groups attached to an aromatic ring is 1. The third-order valence-electron chi connectivity index (χ3n) is 3.14. The molecule has 2 heterocycles. The van der Waals surface area contributed by atoms with E-state index in [2.05, 4.69) is 34.1 Å². The van der Waals surface area contributed by atoms with Crippen molar-refractivity contribution in [2.24, 2.45) is 0 Å². The molecule has 0 aliphatic carbocycles. The normalized spacial score (nSPS) is 17.4. The van der Waals surface area contributed by atoms with Gasteiger partial charge in [-0.1, -0.05) is 0 Å². The zero-order valence-electron chi connectivity index (χ0n) is 10.2. The van der Waals surface area contributed by atoms with Gasteiger partial charge >= 0.3 is 0 Å². The Kier molecular flexibility index (Phi) is 3.50. The summed E-state index contributed by atoms with van der Waals surface area (Å²) < 4.78 is 4.06. The minimum atomic E-state index is 0.360. The van der Waals surface area contributed by atoms with Crippen LogP contribution in [0, 0.1) is 11.3 Å². The first-order valence-electron chi connectivity index (χ1n) is 5.77. The Morgan fingerprint density at radius 1 is 1.35 bits per heavy atom. The molecule has 17 heavy (non-hydrogen) atoms. The molecule has 1 aliphatic heterocycles. The number of aromatic nitrogens is 1. The van der Waals surface area contributed by atoms with Crippen LogP contribution in [0.1, 0.15) is 19.4 Å². The van der Waals surface area contributed by atoms with Gasteiger partial charge in [-0.25, -0.2) is 0 Å². The molecule has 0 saturated carbocycles. The molecular formula is C11H17N5S. The van der Waals surface area contributed by atoms with E-state index in [4.69, 9.17) is 11.0 Å². The van der Waals surface area contributed by atoms with Gasteiger partial charge in [0.2, 0.25) is 0 Å². The Hall–Kier alpha value is -1.32. The number of nitrogens with two attached hydrogens (primary N) is 1. The van der Waals surface area contributed by atoms with E-state index in [1.54, 1.807) is 0 Å². The lowest BCUT2D eigenvalue weighted by Crippen LogP contribution is -2.48. The van der Waals surface area contributed by atoms with E-state index >= 15 is 0 Å². The molecule has 0 spiro atoms. The molecule has 1 aromatic heterocycles. The third-order valence-corrected chi connectivity index (χ3v) is 4.07. The summed E-state index contributed by atoms with van der Waals surface area (Å²) in [6.45, 7) is 8.35. The van der Waals surface area contributed by atoms with Crippen molar-refractivity contribution in [1.29, 1.82) is 5.26 Å². The molecule has 1 aliphatic rings. The zero-order valence-corrected chi connectivity index (χ0v) is 11.0. The summed E-state index contributed by atoms with van der Waals surface area (Å²) in [5.74, 6) is 0.360. The first kappa shape index (κ1) is 12.1. The maximum absolute atomic E-state index is 9.06. The number of hydrogen-bond acceptors (Lipinski definition) is 6. The Balaban J connectivity index is 2.08. The van der Waals surface area contributed by atoms with Gasteiger partial charge in [0.15, 0.2) is 5.82 Å². The lowest BCUT2D eigenvalue weighted by Gasteiger charge is -2.37. The first-order chi connectivity index (χ1) is 8.13. The van der Waals surface area contributed by atoms with Crippen molar-refractivity contribution < 1.29 is 0 Å². The highest BCUT2D eigenvalue weighted by atomic mass is 32.1. The highest BCUT2D eigenvalue weighted by molar-refractivity contribution is 7.10. The van der Waals surface area contributed by atoms with Crippen LogP contribution in [0.2, 0.25) is 0 Å². The molecular weight excluding hydrogens is 234 g/mol. The summed E-state index contributed by atoms with van der Waals surface area (Å²) in [5.41, 5.74) is 6.21. The van der Waals surface area contributed by atoms with Crippen LogP contribution in [0.25, 0.3) is 0 Å². The van der Waals surface area contributed by atoms with Crippen molar-refractivity contribution >= 4 is 22.4 Å². The predicted molar refractivity (Wildman–Crippen MR) is 70.2 cm³/mol. The van der Waals surface area contributed by atoms with Crippen LogP contribution in [0.3, 0.4) is 0 Å². The SMILES string of the molecule is CC(C)N1CCN(c2snc(N)c2C#N)CC1. The van der Waals surface area contributed by atoms with E-state index in [1.807, 2.05) is 0 Å². The van der Waals surface area contributed by atoms with Gasteiger partial charge in [-0.3, -0.25) is 4.90 Å². The van der Waals surface area contributed by atoms with Crippen molar-refractivity contribution in [3.05, 3.63) is 5.56 Å².